The van der Waals surface area contributed by atoms with E-state index in [-0.39, 0.29) is 5.54 Å². The SMILES string of the molecule is NCc1ccccc1CN=C1Nc2ccccc2NC12CCSCC2. The summed E-state index contributed by atoms with van der Waals surface area (Å²) in [6.45, 7) is 1.21. The minimum Gasteiger partial charge on any atom is -0.371 e. The monoisotopic (exact) mass is 352 g/mol. The third-order valence-electron chi connectivity index (χ3n) is 5.10. The van der Waals surface area contributed by atoms with Crippen LogP contribution in [-0.4, -0.2) is 22.9 Å². The molecule has 4 N–H and O–H groups in total. The van der Waals surface area contributed by atoms with Crippen molar-refractivity contribution in [2.75, 3.05) is 22.1 Å². The van der Waals surface area contributed by atoms with Crippen molar-refractivity contribution in [2.45, 2.75) is 31.5 Å². The van der Waals surface area contributed by atoms with Gasteiger partial charge in [0.05, 0.1) is 23.5 Å². The zero-order chi connectivity index (χ0) is 17.1. The number of hydrogen-bond acceptors (Lipinski definition) is 4. The fraction of sp³-hybridized carbons (Fsp3) is 0.350. The van der Waals surface area contributed by atoms with Crippen molar-refractivity contribution in [3.63, 3.8) is 0 Å². The van der Waals surface area contributed by atoms with Gasteiger partial charge in [0.25, 0.3) is 0 Å². The quantitative estimate of drug-likeness (QED) is 0.785. The van der Waals surface area contributed by atoms with Crippen molar-refractivity contribution in [1.82, 2.24) is 0 Å². The predicted octanol–water partition coefficient (Wildman–Crippen LogP) is 3.85. The number of nitrogens with one attached hydrogen (secondary N) is 2. The molecular formula is C20H24N4S. The lowest BCUT2D eigenvalue weighted by Crippen LogP contribution is -2.54. The summed E-state index contributed by atoms with van der Waals surface area (Å²) in [5.41, 5.74) is 10.5. The number of para-hydroxylation sites is 2. The summed E-state index contributed by atoms with van der Waals surface area (Å²) in [4.78, 5) is 5.02. The van der Waals surface area contributed by atoms with Crippen LogP contribution in [0.3, 0.4) is 0 Å². The Labute approximate surface area is 153 Å². The van der Waals surface area contributed by atoms with Gasteiger partial charge in [-0.3, -0.25) is 4.99 Å². The number of benzene rings is 2. The number of amidine groups is 1. The number of aliphatic imine (C=N–C) groups is 1. The number of nitrogens with two attached hydrogens (primary N) is 1. The molecule has 0 amide bonds. The highest BCUT2D eigenvalue weighted by Crippen LogP contribution is 2.38. The first kappa shape index (κ1) is 16.5. The van der Waals surface area contributed by atoms with Crippen molar-refractivity contribution in [1.29, 1.82) is 0 Å². The molecule has 2 heterocycles. The Morgan fingerprint density at radius 2 is 1.64 bits per heavy atom. The maximum atomic E-state index is 5.88. The van der Waals surface area contributed by atoms with E-state index in [0.717, 1.165) is 35.9 Å². The standard InChI is InChI=1S/C20H24N4S/c21-13-15-5-1-2-6-16(15)14-22-19-20(9-11-25-12-10-20)24-18-8-4-3-7-17(18)23-19/h1-8,24H,9-14,21H2,(H,22,23). The van der Waals surface area contributed by atoms with E-state index < -0.39 is 0 Å². The number of hydrogen-bond donors (Lipinski definition) is 3. The van der Waals surface area contributed by atoms with Crippen LogP contribution in [0.25, 0.3) is 0 Å². The highest BCUT2D eigenvalue weighted by atomic mass is 32.2. The molecular weight excluding hydrogens is 328 g/mol. The van der Waals surface area contributed by atoms with Gasteiger partial charge in [-0.25, -0.2) is 0 Å². The van der Waals surface area contributed by atoms with Crippen LogP contribution < -0.4 is 16.4 Å². The molecule has 2 aromatic carbocycles. The molecule has 4 rings (SSSR count). The smallest absolute Gasteiger partial charge is 0.127 e. The van der Waals surface area contributed by atoms with Crippen LogP contribution in [0.2, 0.25) is 0 Å². The Hall–Kier alpha value is -1.98. The average molecular weight is 353 g/mol. The second-order valence-corrected chi connectivity index (χ2v) is 7.85. The molecule has 2 aromatic rings. The lowest BCUT2D eigenvalue weighted by Gasteiger charge is -2.43. The summed E-state index contributed by atoms with van der Waals surface area (Å²) in [5.74, 6) is 3.39. The molecule has 0 aliphatic carbocycles. The largest absolute Gasteiger partial charge is 0.371 e. The average Bonchev–Trinajstić information content (AvgIpc) is 2.67. The van der Waals surface area contributed by atoms with Gasteiger partial charge >= 0.3 is 0 Å². The molecule has 130 valence electrons. The Bertz CT molecular complexity index is 781. The molecule has 0 bridgehead atoms. The lowest BCUT2D eigenvalue weighted by atomic mass is 9.87. The van der Waals surface area contributed by atoms with Crippen LogP contribution in [0, 0.1) is 0 Å². The van der Waals surface area contributed by atoms with E-state index in [1.165, 1.54) is 16.8 Å². The molecule has 0 radical (unpaired) electrons. The first-order valence-electron chi connectivity index (χ1n) is 8.84. The Kier molecular flexibility index (Phi) is 4.68. The normalized spacial score (nSPS) is 20.0. The molecule has 2 aliphatic rings. The maximum Gasteiger partial charge on any atom is 0.127 e. The van der Waals surface area contributed by atoms with E-state index in [4.69, 9.17) is 10.7 Å². The Balaban J connectivity index is 1.67. The predicted molar refractivity (Wildman–Crippen MR) is 108 cm³/mol. The molecule has 4 nitrogen and oxygen atoms in total. The summed E-state index contributed by atoms with van der Waals surface area (Å²) in [6.07, 6.45) is 2.19. The molecule has 0 unspecified atom stereocenters. The first-order valence-corrected chi connectivity index (χ1v) is 10.00. The van der Waals surface area contributed by atoms with E-state index in [9.17, 15) is 0 Å². The Morgan fingerprint density at radius 1 is 0.960 bits per heavy atom. The topological polar surface area (TPSA) is 62.4 Å². The molecule has 2 aliphatic heterocycles. The van der Waals surface area contributed by atoms with Crippen molar-refractivity contribution in [3.05, 3.63) is 59.7 Å². The summed E-state index contributed by atoms with van der Waals surface area (Å²) in [7, 11) is 0. The van der Waals surface area contributed by atoms with Crippen LogP contribution in [-0.2, 0) is 13.1 Å². The summed E-state index contributed by atoms with van der Waals surface area (Å²) >= 11 is 2.03. The van der Waals surface area contributed by atoms with Crippen molar-refractivity contribution < 1.29 is 0 Å². The van der Waals surface area contributed by atoms with E-state index in [1.54, 1.807) is 0 Å². The zero-order valence-corrected chi connectivity index (χ0v) is 15.1. The van der Waals surface area contributed by atoms with Gasteiger partial charge in [0.1, 0.15) is 5.84 Å². The van der Waals surface area contributed by atoms with Crippen molar-refractivity contribution in [2.24, 2.45) is 10.7 Å². The van der Waals surface area contributed by atoms with Crippen molar-refractivity contribution in [3.8, 4) is 0 Å². The van der Waals surface area contributed by atoms with Gasteiger partial charge < -0.3 is 16.4 Å². The number of thioether (sulfide) groups is 1. The molecule has 1 spiro atoms. The highest BCUT2D eigenvalue weighted by molar-refractivity contribution is 7.99. The first-order chi connectivity index (χ1) is 12.3. The van der Waals surface area contributed by atoms with E-state index in [0.29, 0.717) is 13.1 Å². The zero-order valence-electron chi connectivity index (χ0n) is 14.3. The third kappa shape index (κ3) is 3.26. The van der Waals surface area contributed by atoms with E-state index >= 15 is 0 Å². The molecule has 0 atom stereocenters. The van der Waals surface area contributed by atoms with Crippen LogP contribution in [0.15, 0.2) is 53.5 Å². The van der Waals surface area contributed by atoms with Crippen LogP contribution in [0.4, 0.5) is 11.4 Å². The number of anilines is 2. The Morgan fingerprint density at radius 3 is 2.40 bits per heavy atom. The molecule has 0 aromatic heterocycles. The minimum absolute atomic E-state index is 0.0722. The van der Waals surface area contributed by atoms with Gasteiger partial charge in [0, 0.05) is 6.54 Å². The van der Waals surface area contributed by atoms with Crippen molar-refractivity contribution >= 4 is 29.0 Å². The summed E-state index contributed by atoms with van der Waals surface area (Å²) in [5, 5.41) is 7.41. The number of fused-ring (bicyclic) bond motifs is 1. The van der Waals surface area contributed by atoms with Crippen LogP contribution >= 0.6 is 11.8 Å². The highest BCUT2D eigenvalue weighted by Gasteiger charge is 2.40. The second kappa shape index (κ2) is 7.10. The van der Waals surface area contributed by atoms with Gasteiger partial charge in [-0.1, -0.05) is 36.4 Å². The lowest BCUT2D eigenvalue weighted by molar-refractivity contribution is 0.559. The van der Waals surface area contributed by atoms with Gasteiger partial charge in [-0.05, 0) is 47.6 Å². The number of rotatable bonds is 3. The third-order valence-corrected chi connectivity index (χ3v) is 6.09. The van der Waals surface area contributed by atoms with E-state index in [2.05, 4.69) is 53.1 Å². The fourth-order valence-corrected chi connectivity index (χ4v) is 4.80. The van der Waals surface area contributed by atoms with Gasteiger partial charge in [-0.15, -0.1) is 0 Å². The molecule has 1 fully saturated rings. The van der Waals surface area contributed by atoms with Crippen LogP contribution in [0.1, 0.15) is 24.0 Å². The molecule has 0 saturated carbocycles. The molecule has 25 heavy (non-hydrogen) atoms. The summed E-state index contributed by atoms with van der Waals surface area (Å²) in [6, 6.07) is 16.7. The van der Waals surface area contributed by atoms with Crippen LogP contribution in [0.5, 0.6) is 0 Å². The maximum absolute atomic E-state index is 5.88. The van der Waals surface area contributed by atoms with Gasteiger partial charge in [0.2, 0.25) is 0 Å². The van der Waals surface area contributed by atoms with E-state index in [1.807, 2.05) is 17.8 Å². The molecule has 5 heteroatoms. The molecule has 1 saturated heterocycles. The fourth-order valence-electron chi connectivity index (χ4n) is 3.61. The second-order valence-electron chi connectivity index (χ2n) is 6.63. The van der Waals surface area contributed by atoms with Gasteiger partial charge in [-0.2, -0.15) is 11.8 Å². The number of nitrogens with zero attached hydrogens (tertiary/aromatic N) is 1. The van der Waals surface area contributed by atoms with Gasteiger partial charge in [0.15, 0.2) is 0 Å². The minimum atomic E-state index is -0.0722. The summed E-state index contributed by atoms with van der Waals surface area (Å²) < 4.78 is 0.